The quantitative estimate of drug-likeness (QED) is 0.817. The highest BCUT2D eigenvalue weighted by Crippen LogP contribution is 2.20. The van der Waals surface area contributed by atoms with E-state index in [9.17, 15) is 13.6 Å². The summed E-state index contributed by atoms with van der Waals surface area (Å²) in [6, 6.07) is 5.89. The number of ether oxygens (including phenoxy) is 1. The van der Waals surface area contributed by atoms with Gasteiger partial charge in [0.15, 0.2) is 0 Å². The molecule has 1 N–H and O–H groups in total. The fourth-order valence-electron chi connectivity index (χ4n) is 1.39. The lowest BCUT2D eigenvalue weighted by atomic mass is 10.1. The van der Waals surface area contributed by atoms with E-state index in [1.807, 2.05) is 6.92 Å². The number of amides is 1. The summed E-state index contributed by atoms with van der Waals surface area (Å²) < 4.78 is 28.7. The lowest BCUT2D eigenvalue weighted by molar-refractivity contribution is -0.0501. The number of para-hydroxylation sites is 1. The molecule has 100 valence electrons. The Kier molecular flexibility index (Phi) is 6.04. The molecular weight excluding hydrogens is 308 g/mol. The van der Waals surface area contributed by atoms with E-state index in [4.69, 9.17) is 0 Å². The number of rotatable bonds is 6. The second-order valence-corrected chi connectivity index (χ2v) is 4.52. The van der Waals surface area contributed by atoms with Crippen molar-refractivity contribution in [3.8, 4) is 5.75 Å². The number of hydrogen-bond acceptors (Lipinski definition) is 2. The van der Waals surface area contributed by atoms with Crippen molar-refractivity contribution in [2.75, 3.05) is 5.33 Å². The van der Waals surface area contributed by atoms with Crippen molar-refractivity contribution in [3.05, 3.63) is 29.8 Å². The Morgan fingerprint density at radius 1 is 1.44 bits per heavy atom. The van der Waals surface area contributed by atoms with Crippen LogP contribution in [0.4, 0.5) is 8.78 Å². The van der Waals surface area contributed by atoms with Crippen molar-refractivity contribution in [2.45, 2.75) is 26.0 Å². The molecule has 0 bridgehead atoms. The molecule has 0 aliphatic carbocycles. The smallest absolute Gasteiger partial charge is 0.387 e. The van der Waals surface area contributed by atoms with E-state index in [0.717, 1.165) is 11.8 Å². The first-order valence-electron chi connectivity index (χ1n) is 5.45. The minimum atomic E-state index is -2.95. The predicted octanol–water partition coefficient (Wildman–Crippen LogP) is 3.19. The van der Waals surface area contributed by atoms with Crippen LogP contribution in [0.25, 0.3) is 0 Å². The summed E-state index contributed by atoms with van der Waals surface area (Å²) in [5, 5.41) is 3.47. The lowest BCUT2D eigenvalue weighted by Gasteiger charge is -2.14. The summed E-state index contributed by atoms with van der Waals surface area (Å²) in [6.07, 6.45) is 0.754. The molecule has 1 aromatic rings. The van der Waals surface area contributed by atoms with Crippen molar-refractivity contribution in [2.24, 2.45) is 0 Å². The van der Waals surface area contributed by atoms with Crippen LogP contribution >= 0.6 is 15.9 Å². The molecule has 1 atom stereocenters. The number of carbonyl (C=O) groups excluding carboxylic acids is 1. The van der Waals surface area contributed by atoms with Crippen molar-refractivity contribution < 1.29 is 18.3 Å². The number of carbonyl (C=O) groups is 1. The van der Waals surface area contributed by atoms with E-state index in [2.05, 4.69) is 26.0 Å². The minimum Gasteiger partial charge on any atom is -0.434 e. The van der Waals surface area contributed by atoms with Gasteiger partial charge < -0.3 is 10.1 Å². The lowest BCUT2D eigenvalue weighted by Crippen LogP contribution is -2.33. The molecule has 0 aliphatic heterocycles. The molecule has 1 aromatic carbocycles. The predicted molar refractivity (Wildman–Crippen MR) is 68.4 cm³/mol. The average molecular weight is 322 g/mol. The van der Waals surface area contributed by atoms with Crippen LogP contribution < -0.4 is 10.1 Å². The molecule has 0 spiro atoms. The largest absolute Gasteiger partial charge is 0.434 e. The molecule has 0 saturated heterocycles. The fourth-order valence-corrected chi connectivity index (χ4v) is 2.08. The summed E-state index contributed by atoms with van der Waals surface area (Å²) in [6.45, 7) is -1.10. The Morgan fingerprint density at radius 2 is 2.11 bits per heavy atom. The second kappa shape index (κ2) is 7.31. The zero-order valence-corrected chi connectivity index (χ0v) is 11.4. The van der Waals surface area contributed by atoms with Gasteiger partial charge in [0.1, 0.15) is 5.75 Å². The van der Waals surface area contributed by atoms with Crippen LogP contribution in [-0.4, -0.2) is 23.9 Å². The van der Waals surface area contributed by atoms with E-state index < -0.39 is 12.5 Å². The first-order valence-corrected chi connectivity index (χ1v) is 6.57. The first-order chi connectivity index (χ1) is 8.54. The van der Waals surface area contributed by atoms with Gasteiger partial charge in [-0.25, -0.2) is 0 Å². The maximum Gasteiger partial charge on any atom is 0.387 e. The molecule has 0 fully saturated rings. The van der Waals surface area contributed by atoms with E-state index in [-0.39, 0.29) is 17.4 Å². The van der Waals surface area contributed by atoms with Gasteiger partial charge in [-0.1, -0.05) is 28.1 Å². The van der Waals surface area contributed by atoms with Crippen molar-refractivity contribution >= 4 is 21.8 Å². The number of nitrogens with one attached hydrogen (secondary N) is 1. The van der Waals surface area contributed by atoms with Crippen LogP contribution in [0.1, 0.15) is 23.7 Å². The van der Waals surface area contributed by atoms with E-state index in [0.29, 0.717) is 0 Å². The van der Waals surface area contributed by atoms with Gasteiger partial charge in [0.2, 0.25) is 0 Å². The van der Waals surface area contributed by atoms with Crippen molar-refractivity contribution in [3.63, 3.8) is 0 Å². The molecule has 0 saturated carbocycles. The maximum absolute atomic E-state index is 12.2. The molecule has 0 aromatic heterocycles. The Labute approximate surface area is 113 Å². The third-order valence-corrected chi connectivity index (χ3v) is 2.73. The Balaban J connectivity index is 2.78. The summed E-state index contributed by atoms with van der Waals surface area (Å²) in [4.78, 5) is 11.9. The molecule has 3 nitrogen and oxygen atoms in total. The van der Waals surface area contributed by atoms with Crippen LogP contribution in [0.3, 0.4) is 0 Å². The molecule has 1 unspecified atom stereocenters. The highest BCUT2D eigenvalue weighted by molar-refractivity contribution is 9.09. The summed E-state index contributed by atoms with van der Waals surface area (Å²) in [5.41, 5.74) is 0.110. The second-order valence-electron chi connectivity index (χ2n) is 3.73. The van der Waals surface area contributed by atoms with Crippen molar-refractivity contribution in [1.82, 2.24) is 5.32 Å². The van der Waals surface area contributed by atoms with Gasteiger partial charge in [0.05, 0.1) is 5.56 Å². The third kappa shape index (κ3) is 4.60. The van der Waals surface area contributed by atoms with Gasteiger partial charge in [-0.3, -0.25) is 4.79 Å². The Hall–Kier alpha value is -1.17. The van der Waals surface area contributed by atoms with Crippen LogP contribution in [0, 0.1) is 0 Å². The molecule has 0 aliphatic rings. The molecule has 1 rings (SSSR count). The Morgan fingerprint density at radius 3 is 2.72 bits per heavy atom. The average Bonchev–Trinajstić information content (AvgIpc) is 2.28. The van der Waals surface area contributed by atoms with Crippen LogP contribution in [-0.2, 0) is 0 Å². The highest BCUT2D eigenvalue weighted by Gasteiger charge is 2.16. The Bertz CT molecular complexity index is 401. The standard InChI is InChI=1S/C12H14BrF2NO2/c1-8(6-7-13)16-11(17)9-4-2-3-5-10(9)18-12(14)15/h2-5,8,12H,6-7H2,1H3,(H,16,17). The first kappa shape index (κ1) is 14.9. The van der Waals surface area contributed by atoms with Gasteiger partial charge in [-0.05, 0) is 25.5 Å². The maximum atomic E-state index is 12.2. The zero-order valence-electron chi connectivity index (χ0n) is 9.83. The van der Waals surface area contributed by atoms with Crippen molar-refractivity contribution in [1.29, 1.82) is 0 Å². The zero-order chi connectivity index (χ0) is 13.5. The third-order valence-electron chi connectivity index (χ3n) is 2.27. The van der Waals surface area contributed by atoms with E-state index in [1.165, 1.54) is 18.2 Å². The summed E-state index contributed by atoms with van der Waals surface area (Å²) in [7, 11) is 0. The summed E-state index contributed by atoms with van der Waals surface area (Å²) >= 11 is 3.27. The number of benzene rings is 1. The molecular formula is C12H14BrF2NO2. The SMILES string of the molecule is CC(CCBr)NC(=O)c1ccccc1OC(F)F. The minimum absolute atomic E-state index is 0.0449. The number of halogens is 3. The van der Waals surface area contributed by atoms with Gasteiger partial charge in [0, 0.05) is 11.4 Å². The molecule has 0 heterocycles. The molecule has 6 heteroatoms. The normalized spacial score (nSPS) is 12.3. The number of hydrogen-bond donors (Lipinski definition) is 1. The van der Waals surface area contributed by atoms with Gasteiger partial charge >= 0.3 is 6.61 Å². The van der Waals surface area contributed by atoms with Crippen LogP contribution in [0.2, 0.25) is 0 Å². The molecule has 0 radical (unpaired) electrons. The number of alkyl halides is 3. The monoisotopic (exact) mass is 321 g/mol. The highest BCUT2D eigenvalue weighted by atomic mass is 79.9. The fraction of sp³-hybridized carbons (Fsp3) is 0.417. The van der Waals surface area contributed by atoms with Gasteiger partial charge in [-0.15, -0.1) is 0 Å². The van der Waals surface area contributed by atoms with Crippen LogP contribution in [0.15, 0.2) is 24.3 Å². The van der Waals surface area contributed by atoms with Crippen LogP contribution in [0.5, 0.6) is 5.75 Å². The van der Waals surface area contributed by atoms with E-state index >= 15 is 0 Å². The molecule has 1 amide bonds. The summed E-state index contributed by atoms with van der Waals surface area (Å²) in [5.74, 6) is -0.532. The van der Waals surface area contributed by atoms with Gasteiger partial charge in [0.25, 0.3) is 5.91 Å². The van der Waals surface area contributed by atoms with Gasteiger partial charge in [-0.2, -0.15) is 8.78 Å². The molecule has 18 heavy (non-hydrogen) atoms. The van der Waals surface area contributed by atoms with E-state index in [1.54, 1.807) is 6.07 Å². The topological polar surface area (TPSA) is 38.3 Å².